The van der Waals surface area contributed by atoms with E-state index in [-0.39, 0.29) is 18.2 Å². The number of amides is 1. The fraction of sp³-hybridized carbons (Fsp3) is 0.316. The molecular formula is C19H23N2O3+. The summed E-state index contributed by atoms with van der Waals surface area (Å²) in [7, 11) is 0. The van der Waals surface area contributed by atoms with E-state index in [1.165, 1.54) is 0 Å². The molecule has 1 amide bonds. The van der Waals surface area contributed by atoms with Crippen LogP contribution in [0.4, 0.5) is 0 Å². The van der Waals surface area contributed by atoms with Gasteiger partial charge in [-0.05, 0) is 13.3 Å². The van der Waals surface area contributed by atoms with Crippen LogP contribution >= 0.6 is 0 Å². The van der Waals surface area contributed by atoms with Crippen LogP contribution in [0.25, 0.3) is 0 Å². The topological polar surface area (TPSA) is 59.3 Å². The number of ketones is 1. The number of benzene rings is 1. The number of hydrogen-bond donors (Lipinski definition) is 1. The molecule has 1 aromatic carbocycles. The Balaban J connectivity index is 1.83. The van der Waals surface area contributed by atoms with E-state index in [4.69, 9.17) is 4.74 Å². The molecule has 2 rings (SSSR count). The van der Waals surface area contributed by atoms with Crippen LogP contribution in [-0.2, 0) is 16.1 Å². The van der Waals surface area contributed by atoms with Crippen LogP contribution in [-0.4, -0.2) is 31.4 Å². The van der Waals surface area contributed by atoms with Gasteiger partial charge in [0, 0.05) is 43.0 Å². The number of carbonyl (C=O) groups excluding carboxylic acids is 2. The quantitative estimate of drug-likeness (QED) is 0.434. The largest absolute Gasteiger partial charge is 0.382 e. The molecule has 0 atom stereocenters. The van der Waals surface area contributed by atoms with Gasteiger partial charge in [-0.2, -0.15) is 4.57 Å². The summed E-state index contributed by atoms with van der Waals surface area (Å²) in [5.41, 5.74) is 1.26. The number of ether oxygens (including phenoxy) is 1. The van der Waals surface area contributed by atoms with E-state index in [1.54, 1.807) is 41.2 Å². The lowest BCUT2D eigenvalue weighted by Gasteiger charge is -2.04. The molecule has 0 aliphatic heterocycles. The number of hydrogen-bond acceptors (Lipinski definition) is 3. The molecule has 24 heavy (non-hydrogen) atoms. The first kappa shape index (κ1) is 17.8. The monoisotopic (exact) mass is 327 g/mol. The minimum absolute atomic E-state index is 0.0249. The van der Waals surface area contributed by atoms with E-state index < -0.39 is 0 Å². The van der Waals surface area contributed by atoms with E-state index in [0.29, 0.717) is 30.9 Å². The Morgan fingerprint density at radius 1 is 1.04 bits per heavy atom. The van der Waals surface area contributed by atoms with Gasteiger partial charge in [0.1, 0.15) is 0 Å². The van der Waals surface area contributed by atoms with Crippen LogP contribution in [0.1, 0.15) is 29.3 Å². The van der Waals surface area contributed by atoms with Crippen molar-refractivity contribution in [1.82, 2.24) is 5.32 Å². The van der Waals surface area contributed by atoms with Crippen molar-refractivity contribution in [3.8, 4) is 0 Å². The van der Waals surface area contributed by atoms with Crippen molar-refractivity contribution in [3.05, 3.63) is 66.0 Å². The van der Waals surface area contributed by atoms with Crippen molar-refractivity contribution in [3.63, 3.8) is 0 Å². The van der Waals surface area contributed by atoms with Crippen LogP contribution < -0.4 is 9.88 Å². The van der Waals surface area contributed by atoms with Crippen LogP contribution in [0, 0.1) is 0 Å². The molecule has 0 aliphatic rings. The van der Waals surface area contributed by atoms with Crippen molar-refractivity contribution in [2.45, 2.75) is 19.9 Å². The summed E-state index contributed by atoms with van der Waals surface area (Å²) < 4.78 is 6.97. The number of carbonyl (C=O) groups is 2. The summed E-state index contributed by atoms with van der Waals surface area (Å²) in [5.74, 6) is -0.0817. The van der Waals surface area contributed by atoms with E-state index >= 15 is 0 Å². The van der Waals surface area contributed by atoms with Crippen LogP contribution in [0.3, 0.4) is 0 Å². The normalized spacial score (nSPS) is 10.4. The highest BCUT2D eigenvalue weighted by Crippen LogP contribution is 2.07. The molecule has 0 aliphatic carbocycles. The lowest BCUT2D eigenvalue weighted by molar-refractivity contribution is -0.684. The fourth-order valence-corrected chi connectivity index (χ4v) is 2.24. The van der Waals surface area contributed by atoms with E-state index in [1.807, 2.05) is 25.1 Å². The van der Waals surface area contributed by atoms with Gasteiger partial charge in [-0.25, -0.2) is 0 Å². The minimum Gasteiger partial charge on any atom is -0.382 e. The number of nitrogens with zero attached hydrogens (tertiary/aromatic N) is 1. The highest BCUT2D eigenvalue weighted by molar-refractivity contribution is 6.08. The number of nitrogens with one attached hydrogen (secondary N) is 1. The number of rotatable bonds is 9. The average Bonchev–Trinajstić information content (AvgIpc) is 2.62. The Hall–Kier alpha value is -2.53. The lowest BCUT2D eigenvalue weighted by atomic mass is 10.0. The molecule has 5 nitrogen and oxygen atoms in total. The van der Waals surface area contributed by atoms with Gasteiger partial charge < -0.3 is 10.1 Å². The van der Waals surface area contributed by atoms with Crippen molar-refractivity contribution >= 4 is 11.7 Å². The van der Waals surface area contributed by atoms with Crippen molar-refractivity contribution < 1.29 is 18.9 Å². The van der Waals surface area contributed by atoms with Crippen molar-refractivity contribution in [1.29, 1.82) is 0 Å². The van der Waals surface area contributed by atoms with Crippen LogP contribution in [0.5, 0.6) is 0 Å². The zero-order valence-corrected chi connectivity index (χ0v) is 13.9. The minimum atomic E-state index is -0.0568. The first-order valence-electron chi connectivity index (χ1n) is 8.14. The van der Waals surface area contributed by atoms with E-state index in [0.717, 1.165) is 6.42 Å². The molecule has 0 saturated heterocycles. The molecule has 0 bridgehead atoms. The highest BCUT2D eigenvalue weighted by atomic mass is 16.5. The van der Waals surface area contributed by atoms with Crippen molar-refractivity contribution in [2.24, 2.45) is 0 Å². The van der Waals surface area contributed by atoms with Gasteiger partial charge in [0.25, 0.3) is 5.91 Å². The first-order valence-corrected chi connectivity index (χ1v) is 8.14. The molecule has 0 saturated carbocycles. The SMILES string of the molecule is CCOCCCNC(=O)C[n+]1ccc(C(=O)c2ccccc2)cc1. The van der Waals surface area contributed by atoms with E-state index in [9.17, 15) is 9.59 Å². The molecule has 0 fully saturated rings. The maximum atomic E-state index is 12.3. The maximum absolute atomic E-state index is 12.3. The smallest absolute Gasteiger partial charge is 0.285 e. The third-order valence-corrected chi connectivity index (χ3v) is 3.51. The van der Waals surface area contributed by atoms with Crippen LogP contribution in [0.15, 0.2) is 54.9 Å². The molecule has 0 unspecified atom stereocenters. The zero-order chi connectivity index (χ0) is 17.2. The summed E-state index contributed by atoms with van der Waals surface area (Å²) in [5, 5.41) is 2.85. The van der Waals surface area contributed by atoms with Gasteiger partial charge in [0.15, 0.2) is 18.2 Å². The van der Waals surface area contributed by atoms with Gasteiger partial charge in [-0.1, -0.05) is 30.3 Å². The summed E-state index contributed by atoms with van der Waals surface area (Å²) in [4.78, 5) is 24.2. The summed E-state index contributed by atoms with van der Waals surface area (Å²) in [6.45, 7) is 4.12. The second-order valence-electron chi connectivity index (χ2n) is 5.35. The van der Waals surface area contributed by atoms with E-state index in [2.05, 4.69) is 5.32 Å². The van der Waals surface area contributed by atoms with Gasteiger partial charge in [0.05, 0.1) is 0 Å². The Labute approximate surface area is 142 Å². The summed E-state index contributed by atoms with van der Waals surface area (Å²) in [6, 6.07) is 12.6. The molecule has 1 aromatic heterocycles. The molecule has 126 valence electrons. The highest BCUT2D eigenvalue weighted by Gasteiger charge is 2.12. The molecule has 0 spiro atoms. The van der Waals surface area contributed by atoms with Gasteiger partial charge >= 0.3 is 0 Å². The van der Waals surface area contributed by atoms with Gasteiger partial charge in [0.2, 0.25) is 6.54 Å². The third-order valence-electron chi connectivity index (χ3n) is 3.51. The van der Waals surface area contributed by atoms with Gasteiger partial charge in [-0.3, -0.25) is 9.59 Å². The molecular weight excluding hydrogens is 304 g/mol. The first-order chi connectivity index (χ1) is 11.7. The molecule has 0 radical (unpaired) electrons. The predicted molar refractivity (Wildman–Crippen MR) is 90.6 cm³/mol. The second kappa shape index (κ2) is 9.57. The summed E-state index contributed by atoms with van der Waals surface area (Å²) >= 11 is 0. The average molecular weight is 327 g/mol. The zero-order valence-electron chi connectivity index (χ0n) is 13.9. The maximum Gasteiger partial charge on any atom is 0.285 e. The molecule has 1 heterocycles. The molecule has 2 aromatic rings. The molecule has 1 N–H and O–H groups in total. The number of aromatic nitrogens is 1. The predicted octanol–water partition coefficient (Wildman–Crippen LogP) is 1.75. The Morgan fingerprint density at radius 2 is 1.71 bits per heavy atom. The van der Waals surface area contributed by atoms with Gasteiger partial charge in [-0.15, -0.1) is 0 Å². The lowest BCUT2D eigenvalue weighted by Crippen LogP contribution is -2.42. The second-order valence-corrected chi connectivity index (χ2v) is 5.35. The van der Waals surface area contributed by atoms with Crippen LogP contribution in [0.2, 0.25) is 0 Å². The summed E-state index contributed by atoms with van der Waals surface area (Å²) in [6.07, 6.45) is 4.29. The fourth-order valence-electron chi connectivity index (χ4n) is 2.24. The van der Waals surface area contributed by atoms with Crippen molar-refractivity contribution in [2.75, 3.05) is 19.8 Å². The Bertz CT molecular complexity index is 654. The third kappa shape index (κ3) is 5.59. The Morgan fingerprint density at radius 3 is 2.38 bits per heavy atom. The number of pyridine rings is 1. The standard InChI is InChI=1S/C19H22N2O3/c1-2-24-14-6-11-20-18(22)15-21-12-9-17(10-13-21)19(23)16-7-4-3-5-8-16/h3-5,7-10,12-13H,2,6,11,14-15H2,1H3/p+1. The Kier molecular flexibility index (Phi) is 7.11. The molecule has 5 heteroatoms.